The summed E-state index contributed by atoms with van der Waals surface area (Å²) < 4.78 is 5.54. The molecule has 0 aliphatic rings. The van der Waals surface area contributed by atoms with Crippen LogP contribution in [-0.4, -0.2) is 49.6 Å². The monoisotopic (exact) mass is 363 g/mol. The molecule has 0 saturated heterocycles. The first-order chi connectivity index (χ1) is 12.1. The molecule has 0 bridgehead atoms. The molecule has 7 heteroatoms. The van der Waals surface area contributed by atoms with Gasteiger partial charge in [0.05, 0.1) is 23.9 Å². The second-order valence-electron chi connectivity index (χ2n) is 5.97. The van der Waals surface area contributed by atoms with Gasteiger partial charge < -0.3 is 15.1 Å². The summed E-state index contributed by atoms with van der Waals surface area (Å²) in [5.74, 6) is 1.76. The number of nitrogens with one attached hydrogen (secondary N) is 2. The molecule has 0 aromatic carbocycles. The summed E-state index contributed by atoms with van der Waals surface area (Å²) in [6.07, 6.45) is 5.64. The fourth-order valence-electron chi connectivity index (χ4n) is 2.42. The van der Waals surface area contributed by atoms with Crippen LogP contribution in [0.25, 0.3) is 0 Å². The Morgan fingerprint density at radius 2 is 2.20 bits per heavy atom. The molecule has 2 rings (SSSR count). The summed E-state index contributed by atoms with van der Waals surface area (Å²) in [6.45, 7) is 6.51. The van der Waals surface area contributed by atoms with Gasteiger partial charge in [-0.25, -0.2) is 4.98 Å². The van der Waals surface area contributed by atoms with E-state index in [9.17, 15) is 0 Å². The number of aryl methyl sites for hydroxylation is 1. The van der Waals surface area contributed by atoms with Crippen LogP contribution in [0.1, 0.15) is 35.5 Å². The lowest BCUT2D eigenvalue weighted by molar-refractivity contribution is 0.265. The van der Waals surface area contributed by atoms with Gasteiger partial charge in [-0.3, -0.25) is 9.89 Å². The van der Waals surface area contributed by atoms with Gasteiger partial charge >= 0.3 is 0 Å². The van der Waals surface area contributed by atoms with E-state index in [1.54, 1.807) is 17.6 Å². The summed E-state index contributed by atoms with van der Waals surface area (Å²) in [4.78, 5) is 12.6. The number of hydrogen-bond donors (Lipinski definition) is 2. The van der Waals surface area contributed by atoms with Crippen molar-refractivity contribution in [1.82, 2.24) is 20.5 Å². The zero-order valence-corrected chi connectivity index (χ0v) is 16.4. The SMILES string of the molecule is CCNC(=NCC(c1ccco1)N(C)C)NCCc1ncc(CC)s1. The summed E-state index contributed by atoms with van der Waals surface area (Å²) in [7, 11) is 4.08. The number of guanidine groups is 1. The van der Waals surface area contributed by atoms with Crippen molar-refractivity contribution in [2.75, 3.05) is 33.7 Å². The fourth-order valence-corrected chi connectivity index (χ4v) is 3.28. The molecule has 0 radical (unpaired) electrons. The van der Waals surface area contributed by atoms with Gasteiger partial charge in [0, 0.05) is 30.6 Å². The molecule has 0 aliphatic heterocycles. The van der Waals surface area contributed by atoms with Crippen molar-refractivity contribution in [2.45, 2.75) is 32.7 Å². The standard InChI is InChI=1S/C18H29N5OS/c1-5-14-12-21-17(25-14)9-10-20-18(19-6-2)22-13-15(23(3)4)16-8-7-11-24-16/h7-8,11-12,15H,5-6,9-10,13H2,1-4H3,(H2,19,20,22). The summed E-state index contributed by atoms with van der Waals surface area (Å²) in [6, 6.07) is 4.03. The first-order valence-corrected chi connectivity index (χ1v) is 9.61. The summed E-state index contributed by atoms with van der Waals surface area (Å²) in [5, 5.41) is 7.86. The average molecular weight is 364 g/mol. The van der Waals surface area contributed by atoms with Crippen LogP contribution in [0.5, 0.6) is 0 Å². The highest BCUT2D eigenvalue weighted by Crippen LogP contribution is 2.18. The number of rotatable bonds is 9. The summed E-state index contributed by atoms with van der Waals surface area (Å²) in [5.41, 5.74) is 0. The molecule has 0 fully saturated rings. The highest BCUT2D eigenvalue weighted by atomic mass is 32.1. The second kappa shape index (κ2) is 10.2. The lowest BCUT2D eigenvalue weighted by atomic mass is 10.2. The third kappa shape index (κ3) is 6.17. The van der Waals surface area contributed by atoms with Crippen LogP contribution < -0.4 is 10.6 Å². The van der Waals surface area contributed by atoms with Gasteiger partial charge in [-0.2, -0.15) is 0 Å². The maximum atomic E-state index is 5.54. The van der Waals surface area contributed by atoms with Crippen LogP contribution in [0, 0.1) is 0 Å². The molecule has 2 N–H and O–H groups in total. The third-order valence-corrected chi connectivity index (χ3v) is 5.04. The Kier molecular flexibility index (Phi) is 7.94. The number of hydrogen-bond acceptors (Lipinski definition) is 5. The van der Waals surface area contributed by atoms with Crippen LogP contribution in [0.4, 0.5) is 0 Å². The smallest absolute Gasteiger partial charge is 0.191 e. The number of aromatic nitrogens is 1. The van der Waals surface area contributed by atoms with Gasteiger partial charge in [-0.05, 0) is 39.6 Å². The Hall–Kier alpha value is -1.86. The molecular formula is C18H29N5OS. The van der Waals surface area contributed by atoms with Crippen molar-refractivity contribution >= 4 is 17.3 Å². The predicted octanol–water partition coefficient (Wildman–Crippen LogP) is 2.70. The average Bonchev–Trinajstić information content (AvgIpc) is 3.26. The number of aliphatic imine (C=N–C) groups is 1. The van der Waals surface area contributed by atoms with Crippen LogP contribution >= 0.6 is 11.3 Å². The minimum Gasteiger partial charge on any atom is -0.468 e. The minimum absolute atomic E-state index is 0.122. The molecule has 2 aromatic heterocycles. The van der Waals surface area contributed by atoms with Crippen molar-refractivity contribution in [2.24, 2.45) is 4.99 Å². The number of likely N-dealkylation sites (N-methyl/N-ethyl adjacent to an activating group) is 1. The normalized spacial score (nSPS) is 13.2. The molecule has 1 unspecified atom stereocenters. The Balaban J connectivity index is 1.90. The molecular weight excluding hydrogens is 334 g/mol. The van der Waals surface area contributed by atoms with Gasteiger partial charge in [0.1, 0.15) is 5.76 Å². The van der Waals surface area contributed by atoms with E-state index >= 15 is 0 Å². The van der Waals surface area contributed by atoms with E-state index in [1.807, 2.05) is 32.4 Å². The number of nitrogens with zero attached hydrogens (tertiary/aromatic N) is 3. The molecule has 0 spiro atoms. The van der Waals surface area contributed by atoms with Crippen molar-refractivity contribution in [3.8, 4) is 0 Å². The van der Waals surface area contributed by atoms with Gasteiger partial charge in [-0.1, -0.05) is 6.92 Å². The number of thiazole rings is 1. The van der Waals surface area contributed by atoms with Crippen molar-refractivity contribution in [1.29, 1.82) is 0 Å². The molecule has 6 nitrogen and oxygen atoms in total. The highest BCUT2D eigenvalue weighted by molar-refractivity contribution is 7.11. The van der Waals surface area contributed by atoms with Gasteiger partial charge in [0.2, 0.25) is 0 Å². The van der Waals surface area contributed by atoms with Crippen LogP contribution in [0.15, 0.2) is 34.0 Å². The topological polar surface area (TPSA) is 65.7 Å². The number of furan rings is 1. The minimum atomic E-state index is 0.122. The molecule has 0 aliphatic carbocycles. The van der Waals surface area contributed by atoms with E-state index in [1.165, 1.54) is 9.88 Å². The van der Waals surface area contributed by atoms with E-state index in [2.05, 4.69) is 34.4 Å². The zero-order chi connectivity index (χ0) is 18.1. The van der Waals surface area contributed by atoms with Gasteiger partial charge in [-0.15, -0.1) is 11.3 Å². The van der Waals surface area contributed by atoms with Gasteiger partial charge in [0.25, 0.3) is 0 Å². The Labute approximate surface area is 154 Å². The van der Waals surface area contributed by atoms with E-state index in [0.29, 0.717) is 6.54 Å². The maximum Gasteiger partial charge on any atom is 0.191 e. The van der Waals surface area contributed by atoms with E-state index in [0.717, 1.165) is 37.7 Å². The van der Waals surface area contributed by atoms with E-state index in [4.69, 9.17) is 9.41 Å². The van der Waals surface area contributed by atoms with E-state index < -0.39 is 0 Å². The largest absolute Gasteiger partial charge is 0.468 e. The van der Waals surface area contributed by atoms with Crippen molar-refractivity contribution < 1.29 is 4.42 Å². The molecule has 0 saturated carbocycles. The Morgan fingerprint density at radius 1 is 1.36 bits per heavy atom. The molecule has 0 amide bonds. The summed E-state index contributed by atoms with van der Waals surface area (Å²) >= 11 is 1.79. The molecule has 1 atom stereocenters. The van der Waals surface area contributed by atoms with Crippen molar-refractivity contribution in [3.05, 3.63) is 40.2 Å². The molecule has 2 aromatic rings. The van der Waals surface area contributed by atoms with Crippen LogP contribution in [-0.2, 0) is 12.8 Å². The Morgan fingerprint density at radius 3 is 2.80 bits per heavy atom. The second-order valence-corrected chi connectivity index (χ2v) is 7.16. The first kappa shape index (κ1) is 19.5. The lowest BCUT2D eigenvalue weighted by Crippen LogP contribution is -2.39. The molecule has 25 heavy (non-hydrogen) atoms. The maximum absolute atomic E-state index is 5.54. The zero-order valence-electron chi connectivity index (χ0n) is 15.6. The Bertz CT molecular complexity index is 636. The van der Waals surface area contributed by atoms with E-state index in [-0.39, 0.29) is 6.04 Å². The highest BCUT2D eigenvalue weighted by Gasteiger charge is 2.16. The van der Waals surface area contributed by atoms with Crippen LogP contribution in [0.2, 0.25) is 0 Å². The predicted molar refractivity (Wildman–Crippen MR) is 104 cm³/mol. The first-order valence-electron chi connectivity index (χ1n) is 8.79. The molecule has 2 heterocycles. The third-order valence-electron chi connectivity index (χ3n) is 3.84. The van der Waals surface area contributed by atoms with Crippen molar-refractivity contribution in [3.63, 3.8) is 0 Å². The van der Waals surface area contributed by atoms with Crippen LogP contribution in [0.3, 0.4) is 0 Å². The van der Waals surface area contributed by atoms with Gasteiger partial charge in [0.15, 0.2) is 5.96 Å². The molecule has 138 valence electrons. The lowest BCUT2D eigenvalue weighted by Gasteiger charge is -2.21. The fraction of sp³-hybridized carbons (Fsp3) is 0.556. The quantitative estimate of drug-likeness (QED) is 0.530.